The molecule has 9 heteroatoms. The van der Waals surface area contributed by atoms with E-state index >= 15 is 0 Å². The molecule has 2 rings (SSSR count). The van der Waals surface area contributed by atoms with Gasteiger partial charge in [0, 0.05) is 0 Å². The maximum Gasteiger partial charge on any atom is 0.264 e. The number of anilines is 1. The number of para-hydroxylation sites is 1. The predicted molar refractivity (Wildman–Crippen MR) is 78.3 cm³/mol. The summed E-state index contributed by atoms with van der Waals surface area (Å²) < 4.78 is 26.7. The SMILES string of the molecule is O=S(=O)(Nc1cccc(Cl)c1O)c1cc(Cl)sc1Cl. The minimum atomic E-state index is -3.94. The average Bonchev–Trinajstić information content (AvgIpc) is 2.65. The molecule has 2 N–H and O–H groups in total. The second-order valence-corrected chi connectivity index (χ2v) is 7.77. The highest BCUT2D eigenvalue weighted by atomic mass is 35.5. The first-order valence-corrected chi connectivity index (χ1v) is 8.20. The number of phenolic OH excluding ortho intramolecular Hbond substituents is 1. The molecule has 0 unspecified atom stereocenters. The van der Waals surface area contributed by atoms with Crippen LogP contribution in [0.25, 0.3) is 0 Å². The van der Waals surface area contributed by atoms with Crippen molar-refractivity contribution in [3.8, 4) is 5.75 Å². The summed E-state index contributed by atoms with van der Waals surface area (Å²) in [4.78, 5) is -0.149. The van der Waals surface area contributed by atoms with Gasteiger partial charge in [0.05, 0.1) is 15.0 Å². The van der Waals surface area contributed by atoms with E-state index in [0.29, 0.717) is 0 Å². The molecule has 0 fully saturated rings. The van der Waals surface area contributed by atoms with Crippen molar-refractivity contribution < 1.29 is 13.5 Å². The molecule has 0 saturated carbocycles. The molecule has 0 saturated heterocycles. The van der Waals surface area contributed by atoms with Gasteiger partial charge in [0.15, 0.2) is 5.75 Å². The fraction of sp³-hybridized carbons (Fsp3) is 0. The summed E-state index contributed by atoms with van der Waals surface area (Å²) in [5.74, 6) is -0.356. The quantitative estimate of drug-likeness (QED) is 0.808. The summed E-state index contributed by atoms with van der Waals surface area (Å²) in [5.41, 5.74) is -0.0362. The van der Waals surface area contributed by atoms with Crippen LogP contribution in [0.3, 0.4) is 0 Å². The lowest BCUT2D eigenvalue weighted by molar-refractivity contribution is 0.478. The molecule has 0 aliphatic carbocycles. The molecule has 0 radical (unpaired) electrons. The van der Waals surface area contributed by atoms with E-state index in [2.05, 4.69) is 4.72 Å². The third kappa shape index (κ3) is 3.09. The Morgan fingerprint density at radius 3 is 2.47 bits per heavy atom. The summed E-state index contributed by atoms with van der Waals surface area (Å²) in [5, 5.41) is 9.70. The zero-order valence-electron chi connectivity index (χ0n) is 9.02. The molecule has 1 aromatic heterocycles. The van der Waals surface area contributed by atoms with Gasteiger partial charge in [-0.2, -0.15) is 0 Å². The standard InChI is InChI=1S/C10H6Cl3NO3S2/c11-5-2-1-3-6(9(5)15)14-19(16,17)7-4-8(12)18-10(7)13/h1-4,14-15H. The van der Waals surface area contributed by atoms with Crippen LogP contribution in [0.2, 0.25) is 13.7 Å². The first kappa shape index (κ1) is 14.7. The van der Waals surface area contributed by atoms with Gasteiger partial charge in [-0.1, -0.05) is 40.9 Å². The van der Waals surface area contributed by atoms with Gasteiger partial charge in [0.1, 0.15) is 9.23 Å². The van der Waals surface area contributed by atoms with E-state index in [-0.39, 0.29) is 30.0 Å². The topological polar surface area (TPSA) is 66.4 Å². The molecule has 0 atom stereocenters. The molecular weight excluding hydrogens is 353 g/mol. The van der Waals surface area contributed by atoms with Crippen molar-refractivity contribution in [1.82, 2.24) is 0 Å². The van der Waals surface area contributed by atoms with Gasteiger partial charge < -0.3 is 5.11 Å². The molecule has 1 heterocycles. The molecule has 102 valence electrons. The van der Waals surface area contributed by atoms with Crippen molar-refractivity contribution in [2.24, 2.45) is 0 Å². The number of halogens is 3. The number of sulfonamides is 1. The van der Waals surface area contributed by atoms with Crippen molar-refractivity contribution >= 4 is 61.9 Å². The second kappa shape index (κ2) is 5.38. The number of hydrogen-bond donors (Lipinski definition) is 2. The van der Waals surface area contributed by atoms with Crippen LogP contribution < -0.4 is 4.72 Å². The molecule has 0 amide bonds. The highest BCUT2D eigenvalue weighted by molar-refractivity contribution is 7.93. The van der Waals surface area contributed by atoms with E-state index in [1.165, 1.54) is 24.3 Å². The number of rotatable bonds is 3. The molecule has 2 aromatic rings. The highest BCUT2D eigenvalue weighted by Crippen LogP contribution is 2.37. The van der Waals surface area contributed by atoms with Gasteiger partial charge in [-0.15, -0.1) is 11.3 Å². The van der Waals surface area contributed by atoms with E-state index in [9.17, 15) is 13.5 Å². The number of hydrogen-bond acceptors (Lipinski definition) is 4. The normalized spacial score (nSPS) is 11.5. The fourth-order valence-electron chi connectivity index (χ4n) is 1.31. The zero-order valence-corrected chi connectivity index (χ0v) is 12.9. The Balaban J connectivity index is 2.42. The van der Waals surface area contributed by atoms with Gasteiger partial charge in [0.25, 0.3) is 10.0 Å². The van der Waals surface area contributed by atoms with Crippen molar-refractivity contribution in [2.45, 2.75) is 4.90 Å². The van der Waals surface area contributed by atoms with Crippen LogP contribution in [0.5, 0.6) is 5.75 Å². The third-order valence-corrected chi connectivity index (χ3v) is 5.57. The third-order valence-electron chi connectivity index (χ3n) is 2.15. The monoisotopic (exact) mass is 357 g/mol. The van der Waals surface area contributed by atoms with E-state index in [4.69, 9.17) is 34.8 Å². The van der Waals surface area contributed by atoms with Crippen LogP contribution >= 0.6 is 46.1 Å². The average molecular weight is 359 g/mol. The lowest BCUT2D eigenvalue weighted by atomic mass is 10.3. The van der Waals surface area contributed by atoms with Crippen molar-refractivity contribution in [3.05, 3.63) is 38.0 Å². The summed E-state index contributed by atoms with van der Waals surface area (Å²) in [6.07, 6.45) is 0. The molecule has 0 spiro atoms. The minimum absolute atomic E-state index is 0.0362. The van der Waals surface area contributed by atoms with Crippen molar-refractivity contribution in [2.75, 3.05) is 4.72 Å². The number of nitrogens with one attached hydrogen (secondary N) is 1. The maximum absolute atomic E-state index is 12.1. The maximum atomic E-state index is 12.1. The van der Waals surface area contributed by atoms with E-state index in [1.54, 1.807) is 0 Å². The number of phenols is 1. The van der Waals surface area contributed by atoms with Gasteiger partial charge in [-0.05, 0) is 18.2 Å². The van der Waals surface area contributed by atoms with E-state index < -0.39 is 10.0 Å². The molecule has 19 heavy (non-hydrogen) atoms. The summed E-state index contributed by atoms with van der Waals surface area (Å²) in [6.45, 7) is 0. The van der Waals surface area contributed by atoms with Gasteiger partial charge >= 0.3 is 0 Å². The first-order valence-electron chi connectivity index (χ1n) is 4.76. The number of benzene rings is 1. The van der Waals surface area contributed by atoms with Crippen molar-refractivity contribution in [3.63, 3.8) is 0 Å². The van der Waals surface area contributed by atoms with Crippen LogP contribution in [0.4, 0.5) is 5.69 Å². The Labute approximate surface area is 128 Å². The lowest BCUT2D eigenvalue weighted by Gasteiger charge is -2.09. The Morgan fingerprint density at radius 1 is 1.21 bits per heavy atom. The molecule has 4 nitrogen and oxygen atoms in total. The Bertz CT molecular complexity index is 728. The second-order valence-electron chi connectivity index (χ2n) is 3.43. The highest BCUT2D eigenvalue weighted by Gasteiger charge is 2.22. The van der Waals surface area contributed by atoms with Crippen LogP contribution in [0.1, 0.15) is 0 Å². The van der Waals surface area contributed by atoms with Crippen LogP contribution in [0, 0.1) is 0 Å². The number of aromatic hydroxyl groups is 1. The lowest BCUT2D eigenvalue weighted by Crippen LogP contribution is -2.12. The fourth-order valence-corrected chi connectivity index (χ4v) is 4.70. The summed E-state index contributed by atoms with van der Waals surface area (Å²) in [6, 6.07) is 5.55. The van der Waals surface area contributed by atoms with Gasteiger partial charge in [0.2, 0.25) is 0 Å². The van der Waals surface area contributed by atoms with Gasteiger partial charge in [-0.3, -0.25) is 4.72 Å². The predicted octanol–water partition coefficient (Wildman–Crippen LogP) is 4.21. The van der Waals surface area contributed by atoms with Gasteiger partial charge in [-0.25, -0.2) is 8.42 Å². The van der Waals surface area contributed by atoms with Crippen molar-refractivity contribution in [1.29, 1.82) is 0 Å². The van der Waals surface area contributed by atoms with Crippen LogP contribution in [-0.4, -0.2) is 13.5 Å². The number of thiophene rings is 1. The molecule has 1 aromatic carbocycles. The van der Waals surface area contributed by atoms with Crippen LogP contribution in [-0.2, 0) is 10.0 Å². The van der Waals surface area contributed by atoms with Crippen LogP contribution in [0.15, 0.2) is 29.2 Å². The largest absolute Gasteiger partial charge is 0.504 e. The minimum Gasteiger partial charge on any atom is -0.504 e. The molecule has 0 bridgehead atoms. The molecule has 0 aliphatic heterocycles. The zero-order chi connectivity index (χ0) is 14.2. The Kier molecular flexibility index (Phi) is 4.17. The Morgan fingerprint density at radius 2 is 1.89 bits per heavy atom. The molecular formula is C10H6Cl3NO3S2. The summed E-state index contributed by atoms with van der Waals surface area (Å²) >= 11 is 18.1. The Hall–Kier alpha value is -0.660. The smallest absolute Gasteiger partial charge is 0.264 e. The van der Waals surface area contributed by atoms with E-state index in [0.717, 1.165) is 11.3 Å². The molecule has 0 aliphatic rings. The van der Waals surface area contributed by atoms with E-state index in [1.807, 2.05) is 0 Å². The first-order chi connectivity index (χ1) is 8.81. The summed E-state index contributed by atoms with van der Waals surface area (Å²) in [7, 11) is -3.94.